The first-order valence-electron chi connectivity index (χ1n) is 6.36. The minimum Gasteiger partial charge on any atom is -0.462 e. The average molecular weight is 249 g/mol. The van der Waals surface area contributed by atoms with Crippen LogP contribution in [-0.2, 0) is 20.7 Å². The van der Waals surface area contributed by atoms with Crippen LogP contribution in [0.3, 0.4) is 0 Å². The molecule has 2 rings (SSSR count). The zero-order valence-corrected chi connectivity index (χ0v) is 10.4. The van der Waals surface area contributed by atoms with E-state index in [1.54, 1.807) is 0 Å². The first-order valence-corrected chi connectivity index (χ1v) is 6.36. The van der Waals surface area contributed by atoms with Gasteiger partial charge in [-0.25, -0.2) is 0 Å². The summed E-state index contributed by atoms with van der Waals surface area (Å²) in [5, 5.41) is 0. The van der Waals surface area contributed by atoms with Crippen LogP contribution < -0.4 is 5.73 Å². The predicted octanol–water partition coefficient (Wildman–Crippen LogP) is 1.92. The monoisotopic (exact) mass is 249 g/mol. The largest absolute Gasteiger partial charge is 0.462 e. The highest BCUT2D eigenvalue weighted by atomic mass is 16.5. The van der Waals surface area contributed by atoms with Gasteiger partial charge in [0, 0.05) is 24.9 Å². The maximum absolute atomic E-state index is 11.7. The van der Waals surface area contributed by atoms with Crippen molar-refractivity contribution >= 4 is 11.7 Å². The van der Waals surface area contributed by atoms with Crippen LogP contribution in [0.15, 0.2) is 24.3 Å². The Bertz CT molecular complexity index is 400. The van der Waals surface area contributed by atoms with Gasteiger partial charge in [-0.2, -0.15) is 0 Å². The zero-order chi connectivity index (χ0) is 12.8. The predicted molar refractivity (Wildman–Crippen MR) is 69.1 cm³/mol. The molecule has 1 fully saturated rings. The number of hydrogen-bond acceptors (Lipinski definition) is 4. The Morgan fingerprint density at radius 1 is 1.33 bits per heavy atom. The second-order valence-electron chi connectivity index (χ2n) is 4.50. The van der Waals surface area contributed by atoms with Gasteiger partial charge >= 0.3 is 5.97 Å². The van der Waals surface area contributed by atoms with Crippen LogP contribution in [0, 0.1) is 0 Å². The van der Waals surface area contributed by atoms with Gasteiger partial charge in [0.25, 0.3) is 0 Å². The van der Waals surface area contributed by atoms with E-state index in [1.165, 1.54) is 0 Å². The maximum Gasteiger partial charge on any atom is 0.306 e. The number of benzene rings is 1. The second-order valence-corrected chi connectivity index (χ2v) is 4.50. The molecule has 0 spiro atoms. The van der Waals surface area contributed by atoms with Crippen molar-refractivity contribution in [3.63, 3.8) is 0 Å². The standard InChI is InChI=1S/C14H19NO3/c15-13-4-2-1-3-11(13)5-6-14(16)18-12-7-9-17-10-8-12/h1-4,12H,5-10,15H2. The van der Waals surface area contributed by atoms with Crippen LogP contribution >= 0.6 is 0 Å². The van der Waals surface area contributed by atoms with Gasteiger partial charge in [-0.05, 0) is 18.1 Å². The number of hydrogen-bond donors (Lipinski definition) is 1. The van der Waals surface area contributed by atoms with Crippen molar-refractivity contribution in [2.24, 2.45) is 0 Å². The van der Waals surface area contributed by atoms with Crippen LogP contribution in [-0.4, -0.2) is 25.3 Å². The average Bonchev–Trinajstić information content (AvgIpc) is 2.39. The lowest BCUT2D eigenvalue weighted by Gasteiger charge is -2.22. The minimum atomic E-state index is -0.148. The molecule has 0 bridgehead atoms. The van der Waals surface area contributed by atoms with Gasteiger partial charge in [-0.1, -0.05) is 18.2 Å². The molecule has 0 amide bonds. The highest BCUT2D eigenvalue weighted by Crippen LogP contribution is 2.15. The molecule has 1 aliphatic heterocycles. The van der Waals surface area contributed by atoms with Crippen molar-refractivity contribution in [3.8, 4) is 0 Å². The molecule has 0 atom stereocenters. The van der Waals surface area contributed by atoms with Gasteiger partial charge in [0.05, 0.1) is 13.2 Å². The molecule has 0 aliphatic carbocycles. The molecule has 0 radical (unpaired) electrons. The molecule has 98 valence electrons. The first kappa shape index (κ1) is 12.9. The number of esters is 1. The Hall–Kier alpha value is -1.55. The van der Waals surface area contributed by atoms with Crippen LogP contribution in [0.2, 0.25) is 0 Å². The Morgan fingerprint density at radius 3 is 2.78 bits per heavy atom. The number of aryl methyl sites for hydroxylation is 1. The van der Waals surface area contributed by atoms with Crippen LogP contribution in [0.5, 0.6) is 0 Å². The number of nitrogen functional groups attached to an aromatic ring is 1. The Labute approximate surface area is 107 Å². The molecule has 0 unspecified atom stereocenters. The maximum atomic E-state index is 11.7. The Kier molecular flexibility index (Phi) is 4.59. The first-order chi connectivity index (χ1) is 8.75. The van der Waals surface area contributed by atoms with Crippen LogP contribution in [0.25, 0.3) is 0 Å². The highest BCUT2D eigenvalue weighted by Gasteiger charge is 2.17. The van der Waals surface area contributed by atoms with Crippen molar-refractivity contribution in [2.45, 2.75) is 31.8 Å². The van der Waals surface area contributed by atoms with E-state index in [0.717, 1.165) is 24.1 Å². The van der Waals surface area contributed by atoms with E-state index in [-0.39, 0.29) is 12.1 Å². The van der Waals surface area contributed by atoms with Gasteiger partial charge in [0.15, 0.2) is 0 Å². The number of rotatable bonds is 4. The van der Waals surface area contributed by atoms with Crippen LogP contribution in [0.4, 0.5) is 5.69 Å². The molecule has 2 N–H and O–H groups in total. The molecule has 0 saturated carbocycles. The minimum absolute atomic E-state index is 0.0272. The number of anilines is 1. The lowest BCUT2D eigenvalue weighted by atomic mass is 10.1. The number of carbonyl (C=O) groups is 1. The van der Waals surface area contributed by atoms with Crippen molar-refractivity contribution in [1.29, 1.82) is 0 Å². The molecule has 1 aromatic rings. The molecular formula is C14H19NO3. The van der Waals surface area contributed by atoms with E-state index in [2.05, 4.69) is 0 Å². The molecule has 18 heavy (non-hydrogen) atoms. The van der Waals surface area contributed by atoms with E-state index >= 15 is 0 Å². The lowest BCUT2D eigenvalue weighted by Crippen LogP contribution is -2.26. The van der Waals surface area contributed by atoms with E-state index in [1.807, 2.05) is 24.3 Å². The van der Waals surface area contributed by atoms with Crippen LogP contribution in [0.1, 0.15) is 24.8 Å². The second kappa shape index (κ2) is 6.40. The summed E-state index contributed by atoms with van der Waals surface area (Å²) in [4.78, 5) is 11.7. The molecule has 4 heteroatoms. The summed E-state index contributed by atoms with van der Waals surface area (Å²) in [7, 11) is 0. The SMILES string of the molecule is Nc1ccccc1CCC(=O)OC1CCOCC1. The number of para-hydroxylation sites is 1. The van der Waals surface area contributed by atoms with E-state index < -0.39 is 0 Å². The topological polar surface area (TPSA) is 61.6 Å². The van der Waals surface area contributed by atoms with Crippen molar-refractivity contribution < 1.29 is 14.3 Å². The van der Waals surface area contributed by atoms with Crippen molar-refractivity contribution in [3.05, 3.63) is 29.8 Å². The van der Waals surface area contributed by atoms with Gasteiger partial charge in [0.2, 0.25) is 0 Å². The number of nitrogens with two attached hydrogens (primary N) is 1. The number of carbonyl (C=O) groups excluding carboxylic acids is 1. The smallest absolute Gasteiger partial charge is 0.306 e. The van der Waals surface area contributed by atoms with Gasteiger partial charge in [-0.15, -0.1) is 0 Å². The van der Waals surface area contributed by atoms with Gasteiger partial charge in [-0.3, -0.25) is 4.79 Å². The third-order valence-corrected chi connectivity index (χ3v) is 3.12. The summed E-state index contributed by atoms with van der Waals surface area (Å²) in [6.45, 7) is 1.37. The van der Waals surface area contributed by atoms with Crippen molar-refractivity contribution in [1.82, 2.24) is 0 Å². The van der Waals surface area contributed by atoms with Crippen molar-refractivity contribution in [2.75, 3.05) is 18.9 Å². The summed E-state index contributed by atoms with van der Waals surface area (Å²) in [5.41, 5.74) is 7.56. The highest BCUT2D eigenvalue weighted by molar-refractivity contribution is 5.70. The third kappa shape index (κ3) is 3.74. The van der Waals surface area contributed by atoms with Gasteiger partial charge in [0.1, 0.15) is 6.10 Å². The fraction of sp³-hybridized carbons (Fsp3) is 0.500. The Balaban J connectivity index is 1.76. The Morgan fingerprint density at radius 2 is 2.06 bits per heavy atom. The summed E-state index contributed by atoms with van der Waals surface area (Å²) in [6.07, 6.45) is 2.65. The normalized spacial score (nSPS) is 16.4. The lowest BCUT2D eigenvalue weighted by molar-refractivity contribution is -0.153. The van der Waals surface area contributed by atoms with Gasteiger partial charge < -0.3 is 15.2 Å². The number of ether oxygens (including phenoxy) is 2. The molecule has 1 saturated heterocycles. The molecule has 1 heterocycles. The van der Waals surface area contributed by atoms with E-state index in [0.29, 0.717) is 26.1 Å². The summed E-state index contributed by atoms with van der Waals surface area (Å²) in [5.74, 6) is -0.148. The van der Waals surface area contributed by atoms with E-state index in [9.17, 15) is 4.79 Å². The molecule has 1 aromatic carbocycles. The summed E-state index contributed by atoms with van der Waals surface area (Å²) < 4.78 is 10.6. The summed E-state index contributed by atoms with van der Waals surface area (Å²) >= 11 is 0. The third-order valence-electron chi connectivity index (χ3n) is 3.12. The molecule has 0 aromatic heterocycles. The summed E-state index contributed by atoms with van der Waals surface area (Å²) in [6, 6.07) is 7.60. The molecule has 4 nitrogen and oxygen atoms in total. The fourth-order valence-electron chi connectivity index (χ4n) is 2.04. The molecular weight excluding hydrogens is 230 g/mol. The zero-order valence-electron chi connectivity index (χ0n) is 10.4. The van der Waals surface area contributed by atoms with E-state index in [4.69, 9.17) is 15.2 Å². The quantitative estimate of drug-likeness (QED) is 0.654. The molecule has 1 aliphatic rings. The fourth-order valence-corrected chi connectivity index (χ4v) is 2.04.